The van der Waals surface area contributed by atoms with Gasteiger partial charge in [0.25, 0.3) is 0 Å². The van der Waals surface area contributed by atoms with Crippen molar-refractivity contribution in [1.29, 1.82) is 5.41 Å². The van der Waals surface area contributed by atoms with Crippen LogP contribution in [-0.4, -0.2) is 92.5 Å². The van der Waals surface area contributed by atoms with Crippen molar-refractivity contribution in [3.63, 3.8) is 0 Å². The number of methoxy groups -OCH3 is 1. The fourth-order valence-electron chi connectivity index (χ4n) is 2.51. The summed E-state index contributed by atoms with van der Waals surface area (Å²) in [6.45, 7) is 7.14. The lowest BCUT2D eigenvalue weighted by atomic mass is 10.1. The van der Waals surface area contributed by atoms with E-state index in [9.17, 15) is 9.59 Å². The maximum absolute atomic E-state index is 12.2. The van der Waals surface area contributed by atoms with Gasteiger partial charge in [-0.1, -0.05) is 5.57 Å². The number of carbonyl (C=O) groups excluding carboxylic acids is 1. The summed E-state index contributed by atoms with van der Waals surface area (Å²) in [5.41, 5.74) is 0.834. The quantitative estimate of drug-likeness (QED) is 0.290. The molecule has 3 N–H and O–H groups in total. The molecule has 0 aromatic rings. The molecular formula is C17H28N4O4. The van der Waals surface area contributed by atoms with Gasteiger partial charge < -0.3 is 25.5 Å². The standard InChI is InChI=1S/C17H28N4O4/c1-14(11-15(3-4-18)17(23)24)12-19-13-16(22)21-7-5-20(6-8-21)9-10-25-2/h3-4,11,18-19H,5-10,12-13H2,1-2H3,(H,23,24)/b14-11+,15-3+,18-4?. The van der Waals surface area contributed by atoms with Crippen LogP contribution in [0.1, 0.15) is 6.92 Å². The van der Waals surface area contributed by atoms with Crippen LogP contribution in [0.5, 0.6) is 0 Å². The predicted octanol–water partition coefficient (Wildman–Crippen LogP) is -0.0265. The first kappa shape index (κ1) is 21.0. The number of nitrogens with one attached hydrogen (secondary N) is 2. The number of carbonyl (C=O) groups is 2. The lowest BCUT2D eigenvalue weighted by molar-refractivity contribution is -0.133. The molecule has 140 valence electrons. The van der Waals surface area contributed by atoms with Gasteiger partial charge >= 0.3 is 5.97 Å². The summed E-state index contributed by atoms with van der Waals surface area (Å²) < 4.78 is 5.06. The number of piperazine rings is 1. The number of allylic oxidation sites excluding steroid dienone is 1. The van der Waals surface area contributed by atoms with Crippen molar-refractivity contribution in [2.24, 2.45) is 0 Å². The van der Waals surface area contributed by atoms with Gasteiger partial charge in [-0.3, -0.25) is 9.69 Å². The van der Waals surface area contributed by atoms with Crippen molar-refractivity contribution in [3.8, 4) is 0 Å². The van der Waals surface area contributed by atoms with Crippen molar-refractivity contribution >= 4 is 18.1 Å². The molecule has 0 aliphatic carbocycles. The highest BCUT2D eigenvalue weighted by Gasteiger charge is 2.20. The van der Waals surface area contributed by atoms with Crippen LogP contribution < -0.4 is 5.32 Å². The van der Waals surface area contributed by atoms with Gasteiger partial charge in [0.2, 0.25) is 5.91 Å². The predicted molar refractivity (Wildman–Crippen MR) is 96.0 cm³/mol. The van der Waals surface area contributed by atoms with Crippen LogP contribution >= 0.6 is 0 Å². The van der Waals surface area contributed by atoms with Gasteiger partial charge in [0.15, 0.2) is 0 Å². The zero-order valence-electron chi connectivity index (χ0n) is 15.0. The Bertz CT molecular complexity index is 523. The SMILES string of the molecule is COCCN1CCN(C(=O)CNC/C(C)=C/C(=C\C=N)C(=O)O)CC1. The molecule has 1 fully saturated rings. The largest absolute Gasteiger partial charge is 0.478 e. The van der Waals surface area contributed by atoms with Crippen LogP contribution in [-0.2, 0) is 14.3 Å². The van der Waals surface area contributed by atoms with E-state index in [1.807, 2.05) is 4.90 Å². The summed E-state index contributed by atoms with van der Waals surface area (Å²) in [6, 6.07) is 0. The average molecular weight is 352 g/mol. The van der Waals surface area contributed by atoms with Gasteiger partial charge in [-0.15, -0.1) is 0 Å². The molecule has 0 aromatic heterocycles. The Hall–Kier alpha value is -2.03. The molecule has 0 saturated carbocycles. The van der Waals surface area contributed by atoms with Crippen molar-refractivity contribution in [2.45, 2.75) is 6.92 Å². The van der Waals surface area contributed by atoms with Gasteiger partial charge in [0, 0.05) is 52.6 Å². The van der Waals surface area contributed by atoms with E-state index < -0.39 is 5.97 Å². The van der Waals surface area contributed by atoms with Crippen LogP contribution in [0.15, 0.2) is 23.3 Å². The lowest BCUT2D eigenvalue weighted by Crippen LogP contribution is -2.51. The minimum absolute atomic E-state index is 0.0488. The number of hydrogen-bond donors (Lipinski definition) is 3. The zero-order chi connectivity index (χ0) is 18.7. The first-order valence-electron chi connectivity index (χ1n) is 8.29. The average Bonchev–Trinajstić information content (AvgIpc) is 2.59. The van der Waals surface area contributed by atoms with Crippen molar-refractivity contribution < 1.29 is 19.4 Å². The van der Waals surface area contributed by atoms with Gasteiger partial charge in [0.05, 0.1) is 18.7 Å². The molecule has 8 heteroatoms. The summed E-state index contributed by atoms with van der Waals surface area (Å²) >= 11 is 0. The van der Waals surface area contributed by atoms with E-state index in [-0.39, 0.29) is 18.0 Å². The lowest BCUT2D eigenvalue weighted by Gasteiger charge is -2.34. The number of hydrogen-bond acceptors (Lipinski definition) is 6. The third kappa shape index (κ3) is 8.06. The number of carboxylic acid groups (broad SMARTS) is 1. The summed E-state index contributed by atoms with van der Waals surface area (Å²) in [5, 5.41) is 19.0. The molecule has 1 aliphatic rings. The molecule has 0 spiro atoms. The van der Waals surface area contributed by atoms with Gasteiger partial charge in [0.1, 0.15) is 0 Å². The summed E-state index contributed by atoms with van der Waals surface area (Å²) in [5.74, 6) is -1.03. The highest BCUT2D eigenvalue weighted by molar-refractivity contribution is 5.94. The number of aliphatic carboxylic acids is 1. The minimum atomic E-state index is -1.08. The van der Waals surface area contributed by atoms with Crippen LogP contribution in [0, 0.1) is 5.41 Å². The number of carboxylic acids is 1. The molecule has 8 nitrogen and oxygen atoms in total. The van der Waals surface area contributed by atoms with E-state index >= 15 is 0 Å². The van der Waals surface area contributed by atoms with Crippen LogP contribution in [0.4, 0.5) is 0 Å². The van der Waals surface area contributed by atoms with Crippen LogP contribution in [0.2, 0.25) is 0 Å². The molecule has 0 atom stereocenters. The van der Waals surface area contributed by atoms with E-state index in [1.54, 1.807) is 14.0 Å². The molecule has 1 saturated heterocycles. The highest BCUT2D eigenvalue weighted by Crippen LogP contribution is 2.03. The zero-order valence-corrected chi connectivity index (χ0v) is 15.0. The monoisotopic (exact) mass is 352 g/mol. The molecular weight excluding hydrogens is 324 g/mol. The highest BCUT2D eigenvalue weighted by atomic mass is 16.5. The second kappa shape index (κ2) is 11.5. The van der Waals surface area contributed by atoms with Crippen molar-refractivity contribution in [1.82, 2.24) is 15.1 Å². The maximum atomic E-state index is 12.2. The Morgan fingerprint density at radius 3 is 2.48 bits per heavy atom. The topological polar surface area (TPSA) is 106 Å². The smallest absolute Gasteiger partial charge is 0.335 e. The van der Waals surface area contributed by atoms with Crippen LogP contribution in [0.3, 0.4) is 0 Å². The first-order valence-corrected chi connectivity index (χ1v) is 8.29. The molecule has 1 rings (SSSR count). The number of rotatable bonds is 10. The first-order chi connectivity index (χ1) is 12.0. The molecule has 1 heterocycles. The molecule has 0 radical (unpaired) electrons. The van der Waals surface area contributed by atoms with Gasteiger partial charge in [-0.05, 0) is 19.1 Å². The molecule has 0 unspecified atom stereocenters. The Balaban J connectivity index is 2.34. The Labute approximate surface area is 148 Å². The van der Waals surface area contributed by atoms with Crippen molar-refractivity contribution in [3.05, 3.63) is 23.3 Å². The number of nitrogens with zero attached hydrogens (tertiary/aromatic N) is 2. The summed E-state index contributed by atoms with van der Waals surface area (Å²) in [4.78, 5) is 27.3. The Kier molecular flexibility index (Phi) is 9.68. The van der Waals surface area contributed by atoms with Crippen molar-refractivity contribution in [2.75, 3.05) is 59.5 Å². The number of ether oxygens (including phenoxy) is 1. The molecule has 0 bridgehead atoms. The molecule has 0 aromatic carbocycles. The molecule has 1 aliphatic heterocycles. The second-order valence-electron chi connectivity index (χ2n) is 5.90. The van der Waals surface area contributed by atoms with E-state index in [0.29, 0.717) is 26.2 Å². The van der Waals surface area contributed by atoms with E-state index in [0.717, 1.165) is 31.4 Å². The fraction of sp³-hybridized carbons (Fsp3) is 0.588. The van der Waals surface area contributed by atoms with E-state index in [2.05, 4.69) is 10.2 Å². The molecule has 1 amide bonds. The fourth-order valence-corrected chi connectivity index (χ4v) is 2.51. The van der Waals surface area contributed by atoms with E-state index in [1.165, 1.54) is 12.2 Å². The second-order valence-corrected chi connectivity index (χ2v) is 5.90. The van der Waals surface area contributed by atoms with Gasteiger partial charge in [-0.2, -0.15) is 0 Å². The third-order valence-corrected chi connectivity index (χ3v) is 3.93. The minimum Gasteiger partial charge on any atom is -0.478 e. The summed E-state index contributed by atoms with van der Waals surface area (Å²) in [7, 11) is 1.68. The van der Waals surface area contributed by atoms with Gasteiger partial charge in [-0.25, -0.2) is 4.79 Å². The maximum Gasteiger partial charge on any atom is 0.335 e. The van der Waals surface area contributed by atoms with E-state index in [4.69, 9.17) is 15.3 Å². The Morgan fingerprint density at radius 1 is 1.24 bits per heavy atom. The van der Waals surface area contributed by atoms with Crippen LogP contribution in [0.25, 0.3) is 0 Å². The third-order valence-electron chi connectivity index (χ3n) is 3.93. The Morgan fingerprint density at radius 2 is 1.92 bits per heavy atom. The normalized spacial score (nSPS) is 16.8. The number of amides is 1. The summed E-state index contributed by atoms with van der Waals surface area (Å²) in [6.07, 6.45) is 3.66. The molecule has 25 heavy (non-hydrogen) atoms.